The van der Waals surface area contributed by atoms with Gasteiger partial charge in [0, 0.05) is 81.1 Å². The van der Waals surface area contributed by atoms with E-state index in [1.165, 1.54) is 96.8 Å². The Morgan fingerprint density at radius 3 is 1.14 bits per heavy atom. The zero-order valence-electron chi connectivity index (χ0n) is 63.3. The first kappa shape index (κ1) is 65.9. The van der Waals surface area contributed by atoms with Crippen molar-refractivity contribution in [2.45, 2.75) is 0 Å². The Balaban J connectivity index is 0.000000131. The fourth-order valence-corrected chi connectivity index (χ4v) is 19.9. The lowest BCUT2D eigenvalue weighted by Crippen LogP contribution is -2.03. The second-order valence-electron chi connectivity index (χ2n) is 30.8. The van der Waals surface area contributed by atoms with Crippen LogP contribution in [0.5, 0.6) is 0 Å². The predicted octanol–water partition coefficient (Wildman–Crippen LogP) is 28.9. The van der Waals surface area contributed by atoms with Crippen LogP contribution in [0.1, 0.15) is 0 Å². The van der Waals surface area contributed by atoms with E-state index in [0.29, 0.717) is 17.5 Å². The summed E-state index contributed by atoms with van der Waals surface area (Å²) >= 11 is 1.77. The van der Waals surface area contributed by atoms with Gasteiger partial charge >= 0.3 is 0 Å². The van der Waals surface area contributed by atoms with E-state index >= 15 is 0 Å². The van der Waals surface area contributed by atoms with Crippen molar-refractivity contribution in [3.63, 3.8) is 0 Å². The molecule has 0 aliphatic carbocycles. The fourth-order valence-electron chi connectivity index (χ4n) is 18.8. The number of fused-ring (bicyclic) bond motifs is 24. The number of rotatable bonds is 8. The van der Waals surface area contributed by atoms with Crippen LogP contribution in [0.15, 0.2) is 393 Å². The van der Waals surface area contributed by atoms with Gasteiger partial charge < -0.3 is 13.6 Å². The molecule has 8 heterocycles. The van der Waals surface area contributed by atoms with Gasteiger partial charge in [-0.3, -0.25) is 9.13 Å². The quantitative estimate of drug-likeness (QED) is 0.151. The summed E-state index contributed by atoms with van der Waals surface area (Å²) in [6.07, 6.45) is 0. The van der Waals surface area contributed by atoms with Crippen LogP contribution in [0.2, 0.25) is 0 Å². The van der Waals surface area contributed by atoms with Crippen molar-refractivity contribution in [1.29, 1.82) is 0 Å². The summed E-state index contributed by atoms with van der Waals surface area (Å²) in [5.41, 5.74) is 22.5. The Labute approximate surface area is 678 Å². The van der Waals surface area contributed by atoms with Gasteiger partial charge in [0.25, 0.3) is 0 Å². The highest BCUT2D eigenvalue weighted by atomic mass is 32.1. The zero-order chi connectivity index (χ0) is 77.2. The van der Waals surface area contributed by atoms with Crippen molar-refractivity contribution < 1.29 is 4.42 Å². The number of nitrogens with zero attached hydrogens (tertiary/aromatic N) is 8. The SMILES string of the molecule is c1ccc(-c2ccc3oc4c(-c5ccc6c7ccccc7n(-c7ccccc7)c6c5)nc(-n5c6cc7ccccc7cc6c6c7ccccc7ccc65)nc4c3c2)cc1.c1ccc(-c2ccc3sc4c(-c5ccc6c7ccccc7n(-c7ccccc7)c6c5)nc(-n5c6cc7ccccc7cc6c6c7ccccc7ccc65)nc4c3c2)cc1. The molecule has 0 aliphatic rings. The lowest BCUT2D eigenvalue weighted by atomic mass is 10.0. The van der Waals surface area contributed by atoms with Crippen molar-refractivity contribution in [3.05, 3.63) is 388 Å². The molecule has 118 heavy (non-hydrogen) atoms. The first-order valence-corrected chi connectivity index (χ1v) is 40.8. The molecule has 0 aliphatic heterocycles. The molecule has 0 bridgehead atoms. The molecule has 26 rings (SSSR count). The summed E-state index contributed by atoms with van der Waals surface area (Å²) < 4.78 is 18.4. The molecular formula is C108H64N8OS. The van der Waals surface area contributed by atoms with E-state index in [2.05, 4.69) is 400 Å². The molecule has 548 valence electrons. The van der Waals surface area contributed by atoms with Gasteiger partial charge in [0.15, 0.2) is 5.58 Å². The second kappa shape index (κ2) is 26.0. The predicted molar refractivity (Wildman–Crippen MR) is 493 cm³/mol. The molecular weight excluding hydrogens is 1460 g/mol. The van der Waals surface area contributed by atoms with Crippen LogP contribution >= 0.6 is 11.3 Å². The number of hydrogen-bond donors (Lipinski definition) is 0. The minimum Gasteiger partial charge on any atom is -0.452 e. The topological polar surface area (TPSA) is 84.4 Å². The summed E-state index contributed by atoms with van der Waals surface area (Å²) in [5, 5.41) is 21.2. The molecule has 0 spiro atoms. The molecule has 0 N–H and O–H groups in total. The monoisotopic (exact) mass is 1520 g/mol. The first-order valence-electron chi connectivity index (χ1n) is 40.0. The Kier molecular flexibility index (Phi) is 14.5. The second-order valence-corrected chi connectivity index (χ2v) is 31.8. The molecule has 0 atom stereocenters. The van der Waals surface area contributed by atoms with Crippen molar-refractivity contribution in [3.8, 4) is 68.0 Å². The van der Waals surface area contributed by atoms with Crippen LogP contribution < -0.4 is 0 Å². The smallest absolute Gasteiger partial charge is 0.236 e. The van der Waals surface area contributed by atoms with E-state index in [0.717, 1.165) is 126 Å². The Morgan fingerprint density at radius 1 is 0.220 bits per heavy atom. The first-order chi connectivity index (χ1) is 58.5. The Bertz CT molecular complexity index is 8190. The maximum Gasteiger partial charge on any atom is 0.236 e. The van der Waals surface area contributed by atoms with Crippen LogP contribution in [-0.2, 0) is 0 Å². The summed E-state index contributed by atoms with van der Waals surface area (Å²) in [7, 11) is 0. The highest BCUT2D eigenvalue weighted by Crippen LogP contribution is 2.48. The number of furan rings is 1. The van der Waals surface area contributed by atoms with Gasteiger partial charge in [-0.15, -0.1) is 11.3 Å². The van der Waals surface area contributed by atoms with Crippen LogP contribution in [0.25, 0.3) is 241 Å². The molecule has 8 aromatic heterocycles. The highest BCUT2D eigenvalue weighted by Gasteiger charge is 2.27. The third-order valence-electron chi connectivity index (χ3n) is 24.2. The van der Waals surface area contributed by atoms with Crippen molar-refractivity contribution in [1.82, 2.24) is 38.2 Å². The summed E-state index contributed by atoms with van der Waals surface area (Å²) in [4.78, 5) is 22.3. The summed E-state index contributed by atoms with van der Waals surface area (Å²) in [6, 6.07) is 139. The molecule has 0 unspecified atom stereocenters. The molecule has 0 saturated heterocycles. The average Bonchev–Trinajstić information content (AvgIpc) is 1.56. The van der Waals surface area contributed by atoms with Crippen LogP contribution in [0.4, 0.5) is 0 Å². The van der Waals surface area contributed by atoms with Crippen LogP contribution in [0.3, 0.4) is 0 Å². The summed E-state index contributed by atoms with van der Waals surface area (Å²) in [6.45, 7) is 0. The van der Waals surface area contributed by atoms with E-state index in [4.69, 9.17) is 24.4 Å². The number of hydrogen-bond acceptors (Lipinski definition) is 6. The van der Waals surface area contributed by atoms with E-state index in [1.807, 2.05) is 6.07 Å². The van der Waals surface area contributed by atoms with Crippen LogP contribution in [0, 0.1) is 0 Å². The maximum absolute atomic E-state index is 6.84. The minimum absolute atomic E-state index is 0.592. The maximum atomic E-state index is 6.84. The van der Waals surface area contributed by atoms with Gasteiger partial charge in [-0.1, -0.05) is 279 Å². The zero-order valence-corrected chi connectivity index (χ0v) is 64.2. The summed E-state index contributed by atoms with van der Waals surface area (Å²) in [5.74, 6) is 1.25. The van der Waals surface area contributed by atoms with Gasteiger partial charge in [0.2, 0.25) is 11.9 Å². The van der Waals surface area contributed by atoms with Gasteiger partial charge in [-0.05, 0) is 175 Å². The van der Waals surface area contributed by atoms with Gasteiger partial charge in [-0.25, -0.2) is 19.9 Å². The minimum atomic E-state index is 0.592. The van der Waals surface area contributed by atoms with E-state index in [1.54, 1.807) is 11.3 Å². The lowest BCUT2D eigenvalue weighted by Gasteiger charge is -2.12. The van der Waals surface area contributed by atoms with E-state index in [9.17, 15) is 0 Å². The van der Waals surface area contributed by atoms with Crippen molar-refractivity contribution in [2.24, 2.45) is 0 Å². The van der Waals surface area contributed by atoms with Gasteiger partial charge in [-0.2, -0.15) is 0 Å². The van der Waals surface area contributed by atoms with Gasteiger partial charge in [0.05, 0.1) is 60.0 Å². The highest BCUT2D eigenvalue weighted by molar-refractivity contribution is 7.26. The van der Waals surface area contributed by atoms with E-state index in [-0.39, 0.29) is 0 Å². The molecule has 26 aromatic rings. The number of para-hydroxylation sites is 4. The largest absolute Gasteiger partial charge is 0.452 e. The fraction of sp³-hybridized carbons (Fsp3) is 0. The Hall–Kier alpha value is -15.6. The number of benzene rings is 18. The lowest BCUT2D eigenvalue weighted by molar-refractivity contribution is 0.666. The molecule has 10 heteroatoms. The van der Waals surface area contributed by atoms with Gasteiger partial charge in [0.1, 0.15) is 16.8 Å². The third kappa shape index (κ3) is 10.2. The van der Waals surface area contributed by atoms with Crippen molar-refractivity contribution >= 4 is 184 Å². The molecule has 9 nitrogen and oxygen atoms in total. The molecule has 18 aromatic carbocycles. The Morgan fingerprint density at radius 2 is 0.619 bits per heavy atom. The normalized spacial score (nSPS) is 12.1. The number of aromatic nitrogens is 8. The molecule has 0 saturated carbocycles. The number of thiophene rings is 1. The molecule has 0 fully saturated rings. The molecule has 0 radical (unpaired) electrons. The van der Waals surface area contributed by atoms with Crippen LogP contribution in [-0.4, -0.2) is 38.2 Å². The van der Waals surface area contributed by atoms with Crippen molar-refractivity contribution in [2.75, 3.05) is 0 Å². The third-order valence-corrected chi connectivity index (χ3v) is 25.3. The standard InChI is InChI=1S/C54H32N4O.C54H32N4S/c2*1-3-13-33(14-4-1)37-25-28-49-44(30-37)52-53(59-49)51(38-23-26-42-41-21-11-12-22-45(41)57(47(42)32-38)39-18-5-2-6-19-39)55-54(56-52)58-46-27-24-34-15-9-10-20-40(34)50(46)43-29-35-16-7-8-17-36(35)31-48(43)58/h2*1-32H. The van der Waals surface area contributed by atoms with E-state index < -0.39 is 0 Å². The molecule has 0 amide bonds. The average molecular weight is 1520 g/mol.